The zero-order valence-electron chi connectivity index (χ0n) is 8.00. The Bertz CT molecular complexity index is 321. The fourth-order valence-electron chi connectivity index (χ4n) is 1.80. The highest BCUT2D eigenvalue weighted by molar-refractivity contribution is 9.10. The van der Waals surface area contributed by atoms with E-state index in [9.17, 15) is 0 Å². The average Bonchev–Trinajstić information content (AvgIpc) is 2.64. The first-order chi connectivity index (χ1) is 6.75. The van der Waals surface area contributed by atoms with E-state index in [1.165, 1.54) is 12.0 Å². The second kappa shape index (κ2) is 4.32. The lowest BCUT2D eigenvalue weighted by atomic mass is 10.0. The molecule has 1 aromatic rings. The molecule has 1 aromatic carbocycles. The van der Waals surface area contributed by atoms with Crippen molar-refractivity contribution in [1.82, 2.24) is 0 Å². The van der Waals surface area contributed by atoms with Gasteiger partial charge < -0.3 is 10.5 Å². The number of anilines is 1. The summed E-state index contributed by atoms with van der Waals surface area (Å²) < 4.78 is 6.66. The summed E-state index contributed by atoms with van der Waals surface area (Å²) in [6.45, 7) is 0.901. The molecule has 0 aromatic heterocycles. The molecule has 1 unspecified atom stereocenters. The lowest BCUT2D eigenvalue weighted by molar-refractivity contribution is 0.111. The topological polar surface area (TPSA) is 35.2 Å². The molecule has 1 atom stereocenters. The SMILES string of the molecule is Nc1ccc(Br)cc1CC1CCCO1. The van der Waals surface area contributed by atoms with Crippen LogP contribution < -0.4 is 5.73 Å². The van der Waals surface area contributed by atoms with E-state index in [-0.39, 0.29) is 0 Å². The van der Waals surface area contributed by atoms with E-state index in [2.05, 4.69) is 22.0 Å². The van der Waals surface area contributed by atoms with Crippen molar-refractivity contribution in [3.63, 3.8) is 0 Å². The molecule has 1 fully saturated rings. The van der Waals surface area contributed by atoms with Crippen molar-refractivity contribution in [2.75, 3.05) is 12.3 Å². The van der Waals surface area contributed by atoms with Crippen molar-refractivity contribution in [2.45, 2.75) is 25.4 Å². The van der Waals surface area contributed by atoms with Crippen LogP contribution in [0.25, 0.3) is 0 Å². The summed E-state index contributed by atoms with van der Waals surface area (Å²) in [5.74, 6) is 0. The minimum Gasteiger partial charge on any atom is -0.399 e. The molecule has 14 heavy (non-hydrogen) atoms. The Hall–Kier alpha value is -0.540. The molecule has 2 rings (SSSR count). The van der Waals surface area contributed by atoms with Crippen molar-refractivity contribution in [2.24, 2.45) is 0 Å². The third kappa shape index (κ3) is 2.28. The van der Waals surface area contributed by atoms with Crippen molar-refractivity contribution in [3.8, 4) is 0 Å². The van der Waals surface area contributed by atoms with E-state index < -0.39 is 0 Å². The smallest absolute Gasteiger partial charge is 0.0617 e. The Morgan fingerprint density at radius 3 is 3.07 bits per heavy atom. The molecule has 2 N–H and O–H groups in total. The molecule has 0 aliphatic carbocycles. The van der Waals surface area contributed by atoms with Gasteiger partial charge in [-0.2, -0.15) is 0 Å². The number of nitrogen functional groups attached to an aromatic ring is 1. The zero-order valence-corrected chi connectivity index (χ0v) is 9.59. The molecule has 0 amide bonds. The maximum atomic E-state index is 5.89. The Labute approximate surface area is 92.6 Å². The minimum absolute atomic E-state index is 0.367. The van der Waals surface area contributed by atoms with Crippen molar-refractivity contribution in [1.29, 1.82) is 0 Å². The van der Waals surface area contributed by atoms with Crippen LogP contribution in [0, 0.1) is 0 Å². The van der Waals surface area contributed by atoms with Gasteiger partial charge in [-0.25, -0.2) is 0 Å². The summed E-state index contributed by atoms with van der Waals surface area (Å²) in [5, 5.41) is 0. The third-order valence-electron chi connectivity index (χ3n) is 2.58. The summed E-state index contributed by atoms with van der Waals surface area (Å²) in [6, 6.07) is 5.99. The summed E-state index contributed by atoms with van der Waals surface area (Å²) >= 11 is 3.45. The van der Waals surface area contributed by atoms with Gasteiger partial charge in [0.1, 0.15) is 0 Å². The van der Waals surface area contributed by atoms with Crippen molar-refractivity contribution in [3.05, 3.63) is 28.2 Å². The molecule has 0 spiro atoms. The maximum absolute atomic E-state index is 5.89. The third-order valence-corrected chi connectivity index (χ3v) is 3.07. The monoisotopic (exact) mass is 255 g/mol. The van der Waals surface area contributed by atoms with Crippen molar-refractivity contribution < 1.29 is 4.74 Å². The molecule has 3 heteroatoms. The van der Waals surface area contributed by atoms with Crippen LogP contribution in [0.5, 0.6) is 0 Å². The second-order valence-corrected chi connectivity index (χ2v) is 4.60. The largest absolute Gasteiger partial charge is 0.399 e. The van der Waals surface area contributed by atoms with E-state index in [1.807, 2.05) is 12.1 Å². The summed E-state index contributed by atoms with van der Waals surface area (Å²) in [7, 11) is 0. The molecule has 0 radical (unpaired) electrons. The first kappa shape index (κ1) is 9.99. The molecule has 1 aliphatic rings. The number of ether oxygens (including phenoxy) is 1. The van der Waals surface area contributed by atoms with Crippen LogP contribution in [-0.2, 0) is 11.2 Å². The van der Waals surface area contributed by atoms with Crippen molar-refractivity contribution >= 4 is 21.6 Å². The predicted octanol–water partition coefficient (Wildman–Crippen LogP) is 2.75. The van der Waals surface area contributed by atoms with E-state index in [0.717, 1.165) is 29.6 Å². The van der Waals surface area contributed by atoms with Crippen LogP contribution in [0.1, 0.15) is 18.4 Å². The van der Waals surface area contributed by atoms with Gasteiger partial charge in [0.25, 0.3) is 0 Å². The van der Waals surface area contributed by atoms with E-state index >= 15 is 0 Å². The molecular weight excluding hydrogens is 242 g/mol. The average molecular weight is 256 g/mol. The molecule has 1 aliphatic heterocycles. The number of hydrogen-bond donors (Lipinski definition) is 1. The lowest BCUT2D eigenvalue weighted by Crippen LogP contribution is -2.10. The zero-order chi connectivity index (χ0) is 9.97. The Kier molecular flexibility index (Phi) is 3.08. The molecule has 0 bridgehead atoms. The molecule has 0 saturated carbocycles. The van der Waals surface area contributed by atoms with Gasteiger partial charge in [0.05, 0.1) is 6.10 Å². The van der Waals surface area contributed by atoms with Gasteiger partial charge in [-0.3, -0.25) is 0 Å². The highest BCUT2D eigenvalue weighted by Crippen LogP contribution is 2.23. The minimum atomic E-state index is 0.367. The van der Waals surface area contributed by atoms with Crippen LogP contribution in [-0.4, -0.2) is 12.7 Å². The number of rotatable bonds is 2. The molecule has 1 saturated heterocycles. The van der Waals surface area contributed by atoms with Gasteiger partial charge in [-0.15, -0.1) is 0 Å². The summed E-state index contributed by atoms with van der Waals surface area (Å²) in [6.07, 6.45) is 3.64. The molecule has 1 heterocycles. The fourth-order valence-corrected chi connectivity index (χ4v) is 2.21. The Balaban J connectivity index is 2.10. The van der Waals surface area contributed by atoms with Gasteiger partial charge >= 0.3 is 0 Å². The number of hydrogen-bond acceptors (Lipinski definition) is 2. The van der Waals surface area contributed by atoms with Crippen LogP contribution in [0.3, 0.4) is 0 Å². The predicted molar refractivity (Wildman–Crippen MR) is 61.2 cm³/mol. The van der Waals surface area contributed by atoms with Gasteiger partial charge in [0.15, 0.2) is 0 Å². The van der Waals surface area contributed by atoms with E-state index in [4.69, 9.17) is 10.5 Å². The number of nitrogens with two attached hydrogens (primary N) is 1. The number of halogens is 1. The van der Waals surface area contributed by atoms with Crippen LogP contribution >= 0.6 is 15.9 Å². The van der Waals surface area contributed by atoms with E-state index in [1.54, 1.807) is 0 Å². The molecule has 2 nitrogen and oxygen atoms in total. The highest BCUT2D eigenvalue weighted by Gasteiger charge is 2.16. The Morgan fingerprint density at radius 1 is 1.50 bits per heavy atom. The first-order valence-corrected chi connectivity index (χ1v) is 5.70. The van der Waals surface area contributed by atoms with Gasteiger partial charge in [-0.1, -0.05) is 15.9 Å². The van der Waals surface area contributed by atoms with Gasteiger partial charge in [0, 0.05) is 23.2 Å². The first-order valence-electron chi connectivity index (χ1n) is 4.91. The molecule has 76 valence electrons. The lowest BCUT2D eigenvalue weighted by Gasteiger charge is -2.11. The standard InChI is InChI=1S/C11H14BrNO/c12-9-3-4-11(13)8(6-9)7-10-2-1-5-14-10/h3-4,6,10H,1-2,5,7,13H2. The highest BCUT2D eigenvalue weighted by atomic mass is 79.9. The normalized spacial score (nSPS) is 21.4. The summed E-state index contributed by atoms with van der Waals surface area (Å²) in [4.78, 5) is 0. The fraction of sp³-hybridized carbons (Fsp3) is 0.455. The van der Waals surface area contributed by atoms with Crippen LogP contribution in [0.4, 0.5) is 5.69 Å². The van der Waals surface area contributed by atoms with Gasteiger partial charge in [-0.05, 0) is 36.6 Å². The Morgan fingerprint density at radius 2 is 2.36 bits per heavy atom. The van der Waals surface area contributed by atoms with Crippen LogP contribution in [0.2, 0.25) is 0 Å². The molecular formula is C11H14BrNO. The second-order valence-electron chi connectivity index (χ2n) is 3.68. The quantitative estimate of drug-likeness (QED) is 0.826. The maximum Gasteiger partial charge on any atom is 0.0617 e. The van der Waals surface area contributed by atoms with Gasteiger partial charge in [0.2, 0.25) is 0 Å². The number of benzene rings is 1. The van der Waals surface area contributed by atoms with E-state index in [0.29, 0.717) is 6.10 Å². The summed E-state index contributed by atoms with van der Waals surface area (Å²) in [5.41, 5.74) is 7.94. The van der Waals surface area contributed by atoms with Crippen LogP contribution in [0.15, 0.2) is 22.7 Å².